The van der Waals surface area contributed by atoms with Crippen molar-refractivity contribution in [2.75, 3.05) is 0 Å². The molecule has 1 N–H and O–H groups in total. The second-order valence-electron chi connectivity index (χ2n) is 8.66. The Bertz CT molecular complexity index is 1260. The lowest BCUT2D eigenvalue weighted by Gasteiger charge is -2.19. The smallest absolute Gasteiger partial charge is 0.130 e. The summed E-state index contributed by atoms with van der Waals surface area (Å²) in [6.07, 6.45) is 3.96. The van der Waals surface area contributed by atoms with Crippen LogP contribution < -0.4 is 4.74 Å². The molecule has 2 aromatic heterocycles. The summed E-state index contributed by atoms with van der Waals surface area (Å²) < 4.78 is 20.0. The highest BCUT2D eigenvalue weighted by atomic mass is 35.5. The molecular formula is C24H21ClFN3O. The molecule has 4 aromatic rings. The lowest BCUT2D eigenvalue weighted by Crippen LogP contribution is -2.17. The molecule has 4 nitrogen and oxygen atoms in total. The first-order chi connectivity index (χ1) is 14.6. The van der Waals surface area contributed by atoms with Gasteiger partial charge in [-0.25, -0.2) is 9.37 Å². The van der Waals surface area contributed by atoms with Crippen molar-refractivity contribution in [1.82, 2.24) is 15.0 Å². The number of nitrogens with one attached hydrogen (secondary N) is 1. The summed E-state index contributed by atoms with van der Waals surface area (Å²) in [4.78, 5) is 12.5. The van der Waals surface area contributed by atoms with Crippen LogP contribution in [-0.4, -0.2) is 21.1 Å². The molecule has 0 spiro atoms. The van der Waals surface area contributed by atoms with Crippen molar-refractivity contribution in [2.45, 2.75) is 31.8 Å². The van der Waals surface area contributed by atoms with Crippen LogP contribution in [-0.2, 0) is 0 Å². The summed E-state index contributed by atoms with van der Waals surface area (Å²) in [7, 11) is 0. The molecule has 0 saturated heterocycles. The summed E-state index contributed by atoms with van der Waals surface area (Å²) in [6.45, 7) is 2.26. The number of ether oxygens (including phenoxy) is 1. The van der Waals surface area contributed by atoms with Crippen molar-refractivity contribution < 1.29 is 9.13 Å². The maximum atomic E-state index is 13.7. The van der Waals surface area contributed by atoms with Gasteiger partial charge in [-0.05, 0) is 73.1 Å². The van der Waals surface area contributed by atoms with Gasteiger partial charge in [0.2, 0.25) is 0 Å². The fourth-order valence-corrected chi connectivity index (χ4v) is 5.63. The van der Waals surface area contributed by atoms with Crippen LogP contribution in [0.15, 0.2) is 48.7 Å². The number of benzene rings is 2. The fraction of sp³-hybridized carbons (Fsp3) is 0.333. The van der Waals surface area contributed by atoms with Crippen LogP contribution in [0.1, 0.15) is 31.5 Å². The number of pyridine rings is 1. The highest BCUT2D eigenvalue weighted by Gasteiger charge is 2.59. The first-order valence-electron chi connectivity index (χ1n) is 10.4. The zero-order valence-corrected chi connectivity index (χ0v) is 17.2. The lowest BCUT2D eigenvalue weighted by molar-refractivity contribution is 0.186. The van der Waals surface area contributed by atoms with Crippen LogP contribution >= 0.6 is 11.6 Å². The van der Waals surface area contributed by atoms with Crippen molar-refractivity contribution in [2.24, 2.45) is 17.8 Å². The molecule has 2 saturated carbocycles. The summed E-state index contributed by atoms with van der Waals surface area (Å²) in [5, 5.41) is 1.46. The molecule has 30 heavy (non-hydrogen) atoms. The monoisotopic (exact) mass is 421 g/mol. The number of rotatable bonds is 4. The normalized spacial score (nSPS) is 26.1. The Morgan fingerprint density at radius 3 is 2.73 bits per heavy atom. The summed E-state index contributed by atoms with van der Waals surface area (Å²) in [5.41, 5.74) is 2.71. The summed E-state index contributed by atoms with van der Waals surface area (Å²) in [6, 6.07) is 12.2. The van der Waals surface area contributed by atoms with Crippen molar-refractivity contribution in [1.29, 1.82) is 0 Å². The van der Waals surface area contributed by atoms with E-state index in [0.29, 0.717) is 23.7 Å². The van der Waals surface area contributed by atoms with Gasteiger partial charge in [0, 0.05) is 22.5 Å². The Kier molecular flexibility index (Phi) is 4.03. The third-order valence-corrected chi connectivity index (χ3v) is 7.13. The Hall–Kier alpha value is -2.66. The van der Waals surface area contributed by atoms with E-state index in [1.54, 1.807) is 12.3 Å². The van der Waals surface area contributed by atoms with Crippen LogP contribution in [0.2, 0.25) is 5.02 Å². The van der Waals surface area contributed by atoms with E-state index >= 15 is 0 Å². The lowest BCUT2D eigenvalue weighted by atomic mass is 9.97. The van der Waals surface area contributed by atoms with Gasteiger partial charge in [-0.15, -0.1) is 0 Å². The second-order valence-corrected chi connectivity index (χ2v) is 9.10. The number of hydrogen-bond donors (Lipinski definition) is 1. The van der Waals surface area contributed by atoms with Gasteiger partial charge in [0.05, 0.1) is 22.7 Å². The quantitative estimate of drug-likeness (QED) is 0.432. The molecule has 2 fully saturated rings. The molecule has 0 bridgehead atoms. The molecule has 0 aliphatic heterocycles. The molecule has 3 atom stereocenters. The van der Waals surface area contributed by atoms with Gasteiger partial charge in [0.15, 0.2) is 0 Å². The molecule has 2 heterocycles. The molecule has 2 aliphatic carbocycles. The third-order valence-electron chi connectivity index (χ3n) is 6.90. The van der Waals surface area contributed by atoms with Crippen LogP contribution in [0.5, 0.6) is 5.75 Å². The second kappa shape index (κ2) is 6.67. The van der Waals surface area contributed by atoms with Gasteiger partial charge in [0.1, 0.15) is 17.4 Å². The standard InChI is InChI=1S/C24H21ClFN3O/c1-12(24-28-20-4-2-13(25)8-21(20)29-24)23-16-10-15(11-17(16)23)30-22-6-7-27-19-5-3-14(26)9-18(19)22/h2-9,12,15-17,23H,10-11H2,1H3,(H,28,29). The minimum Gasteiger partial charge on any atom is -0.490 e. The number of H-pyrrole nitrogens is 1. The average Bonchev–Trinajstić information content (AvgIpc) is 3.06. The molecule has 2 aliphatic rings. The molecule has 0 amide bonds. The Labute approximate surface area is 178 Å². The van der Waals surface area contributed by atoms with Gasteiger partial charge in [-0.3, -0.25) is 4.98 Å². The Morgan fingerprint density at radius 1 is 1.10 bits per heavy atom. The van der Waals surface area contributed by atoms with E-state index in [1.165, 1.54) is 12.1 Å². The molecule has 3 unspecified atom stereocenters. The van der Waals surface area contributed by atoms with Gasteiger partial charge in [-0.2, -0.15) is 0 Å². The average molecular weight is 422 g/mol. The van der Waals surface area contributed by atoms with E-state index in [0.717, 1.165) is 51.4 Å². The number of fused-ring (bicyclic) bond motifs is 3. The SMILES string of the molecule is CC(c1nc2ccc(Cl)cc2[nH]1)C1C2CC(Oc3ccnc4ccc(F)cc34)CC21. The highest BCUT2D eigenvalue weighted by Crippen LogP contribution is 2.63. The van der Waals surface area contributed by atoms with Gasteiger partial charge in [-0.1, -0.05) is 18.5 Å². The minimum atomic E-state index is -0.268. The first kappa shape index (κ1) is 18.1. The van der Waals surface area contributed by atoms with E-state index in [9.17, 15) is 4.39 Å². The molecule has 0 radical (unpaired) electrons. The van der Waals surface area contributed by atoms with Crippen LogP contribution in [0.4, 0.5) is 4.39 Å². The number of imidazole rings is 1. The molecule has 6 rings (SSSR count). The maximum absolute atomic E-state index is 13.7. The minimum absolute atomic E-state index is 0.173. The zero-order valence-electron chi connectivity index (χ0n) is 16.5. The van der Waals surface area contributed by atoms with Crippen LogP contribution in [0.3, 0.4) is 0 Å². The maximum Gasteiger partial charge on any atom is 0.130 e. The van der Waals surface area contributed by atoms with Gasteiger partial charge >= 0.3 is 0 Å². The largest absolute Gasteiger partial charge is 0.490 e. The zero-order chi connectivity index (χ0) is 20.4. The highest BCUT2D eigenvalue weighted by molar-refractivity contribution is 6.31. The van der Waals surface area contributed by atoms with E-state index in [1.807, 2.05) is 24.3 Å². The van der Waals surface area contributed by atoms with E-state index in [4.69, 9.17) is 21.3 Å². The van der Waals surface area contributed by atoms with Crippen molar-refractivity contribution in [3.05, 3.63) is 65.3 Å². The van der Waals surface area contributed by atoms with Crippen LogP contribution in [0, 0.1) is 23.6 Å². The van der Waals surface area contributed by atoms with Gasteiger partial charge in [0.25, 0.3) is 0 Å². The predicted octanol–water partition coefficient (Wildman–Crippen LogP) is 6.11. The third kappa shape index (κ3) is 2.95. The van der Waals surface area contributed by atoms with E-state index < -0.39 is 0 Å². The number of aromatic amines is 1. The molecule has 2 aromatic carbocycles. The van der Waals surface area contributed by atoms with E-state index in [-0.39, 0.29) is 11.9 Å². The number of aromatic nitrogens is 3. The van der Waals surface area contributed by atoms with Crippen molar-refractivity contribution in [3.63, 3.8) is 0 Å². The fourth-order valence-electron chi connectivity index (χ4n) is 5.45. The Morgan fingerprint density at radius 2 is 1.90 bits per heavy atom. The Balaban J connectivity index is 1.16. The number of nitrogens with zero attached hydrogens (tertiary/aromatic N) is 2. The van der Waals surface area contributed by atoms with Gasteiger partial charge < -0.3 is 9.72 Å². The first-order valence-corrected chi connectivity index (χ1v) is 10.8. The topological polar surface area (TPSA) is 50.8 Å². The van der Waals surface area contributed by atoms with E-state index in [2.05, 4.69) is 16.9 Å². The molecule has 6 heteroatoms. The number of halogens is 2. The molecular weight excluding hydrogens is 401 g/mol. The number of hydrogen-bond acceptors (Lipinski definition) is 3. The van der Waals surface area contributed by atoms with Crippen LogP contribution in [0.25, 0.3) is 21.9 Å². The predicted molar refractivity (Wildman–Crippen MR) is 115 cm³/mol. The summed E-state index contributed by atoms with van der Waals surface area (Å²) >= 11 is 6.10. The van der Waals surface area contributed by atoms with Crippen molar-refractivity contribution >= 4 is 33.5 Å². The summed E-state index contributed by atoms with van der Waals surface area (Å²) in [5.74, 6) is 3.83. The molecule has 152 valence electrons. The van der Waals surface area contributed by atoms with Crippen molar-refractivity contribution in [3.8, 4) is 5.75 Å².